The number of carbonyl (C=O) groups excluding carboxylic acids is 1. The SMILES string of the molecule is O=C(O)C1CCN(C(=O)NCCCOC2CCCC2)CC1. The minimum atomic E-state index is -0.751. The van der Waals surface area contributed by atoms with Crippen molar-refractivity contribution >= 4 is 12.0 Å². The second kappa shape index (κ2) is 8.22. The zero-order chi connectivity index (χ0) is 15.1. The number of nitrogens with zero attached hydrogens (tertiary/aromatic N) is 1. The Balaban J connectivity index is 1.52. The van der Waals surface area contributed by atoms with Gasteiger partial charge in [-0.1, -0.05) is 12.8 Å². The van der Waals surface area contributed by atoms with Gasteiger partial charge in [-0.05, 0) is 32.1 Å². The van der Waals surface area contributed by atoms with Crippen LogP contribution in [0.4, 0.5) is 4.79 Å². The number of urea groups is 1. The molecule has 0 aromatic rings. The summed E-state index contributed by atoms with van der Waals surface area (Å²) in [6, 6.07) is -0.0836. The van der Waals surface area contributed by atoms with Crippen LogP contribution in [0.5, 0.6) is 0 Å². The molecule has 2 fully saturated rings. The van der Waals surface area contributed by atoms with Crippen LogP contribution < -0.4 is 5.32 Å². The molecule has 0 unspecified atom stereocenters. The van der Waals surface area contributed by atoms with E-state index in [1.807, 2.05) is 0 Å². The fourth-order valence-corrected chi connectivity index (χ4v) is 3.01. The molecule has 0 spiro atoms. The van der Waals surface area contributed by atoms with Gasteiger partial charge in [-0.15, -0.1) is 0 Å². The third-order valence-corrected chi connectivity index (χ3v) is 4.38. The molecule has 2 amide bonds. The van der Waals surface area contributed by atoms with E-state index in [4.69, 9.17) is 9.84 Å². The number of carboxylic acid groups (broad SMARTS) is 1. The van der Waals surface area contributed by atoms with Gasteiger partial charge in [0.05, 0.1) is 12.0 Å². The maximum atomic E-state index is 11.9. The highest BCUT2D eigenvalue weighted by atomic mass is 16.5. The number of nitrogens with one attached hydrogen (secondary N) is 1. The van der Waals surface area contributed by atoms with Gasteiger partial charge in [0.2, 0.25) is 0 Å². The smallest absolute Gasteiger partial charge is 0.317 e. The Kier molecular flexibility index (Phi) is 6.29. The maximum Gasteiger partial charge on any atom is 0.317 e. The second-order valence-corrected chi connectivity index (χ2v) is 5.96. The van der Waals surface area contributed by atoms with Crippen molar-refractivity contribution in [3.8, 4) is 0 Å². The average Bonchev–Trinajstić information content (AvgIpc) is 3.00. The first-order valence-electron chi connectivity index (χ1n) is 8.04. The van der Waals surface area contributed by atoms with Crippen molar-refractivity contribution in [2.75, 3.05) is 26.2 Å². The predicted molar refractivity (Wildman–Crippen MR) is 78.2 cm³/mol. The molecule has 0 radical (unpaired) electrons. The van der Waals surface area contributed by atoms with E-state index in [1.165, 1.54) is 25.7 Å². The first-order valence-corrected chi connectivity index (χ1v) is 8.04. The van der Waals surface area contributed by atoms with Crippen LogP contribution in [-0.4, -0.2) is 54.4 Å². The Labute approximate surface area is 125 Å². The third kappa shape index (κ3) is 5.19. The molecule has 1 heterocycles. The molecule has 120 valence electrons. The van der Waals surface area contributed by atoms with E-state index in [2.05, 4.69) is 5.32 Å². The standard InChI is InChI=1S/C15H26N2O4/c18-14(19)12-6-9-17(10-7-12)15(20)16-8-3-11-21-13-4-1-2-5-13/h12-13H,1-11H2,(H,16,20)(H,18,19). The Morgan fingerprint density at radius 3 is 2.43 bits per heavy atom. The molecule has 0 aromatic heterocycles. The first-order chi connectivity index (χ1) is 10.2. The number of likely N-dealkylation sites (tertiary alicyclic amines) is 1. The molecular weight excluding hydrogens is 272 g/mol. The topological polar surface area (TPSA) is 78.9 Å². The lowest BCUT2D eigenvalue weighted by Gasteiger charge is -2.30. The highest BCUT2D eigenvalue weighted by molar-refractivity contribution is 5.75. The summed E-state index contributed by atoms with van der Waals surface area (Å²) < 4.78 is 5.74. The molecule has 1 saturated carbocycles. The fraction of sp³-hybridized carbons (Fsp3) is 0.867. The van der Waals surface area contributed by atoms with E-state index in [-0.39, 0.29) is 11.9 Å². The van der Waals surface area contributed by atoms with Gasteiger partial charge >= 0.3 is 12.0 Å². The summed E-state index contributed by atoms with van der Waals surface area (Å²) >= 11 is 0. The summed E-state index contributed by atoms with van der Waals surface area (Å²) in [5, 5.41) is 11.8. The summed E-state index contributed by atoms with van der Waals surface area (Å²) in [4.78, 5) is 24.5. The molecule has 1 aliphatic carbocycles. The number of piperidine rings is 1. The van der Waals surface area contributed by atoms with Crippen molar-refractivity contribution < 1.29 is 19.4 Å². The van der Waals surface area contributed by atoms with Crippen LogP contribution in [0.3, 0.4) is 0 Å². The normalized spacial score (nSPS) is 20.7. The van der Waals surface area contributed by atoms with E-state index in [0.717, 1.165) is 6.42 Å². The molecule has 2 N–H and O–H groups in total. The zero-order valence-corrected chi connectivity index (χ0v) is 12.6. The molecule has 2 rings (SSSR count). The summed E-state index contributed by atoms with van der Waals surface area (Å²) in [5.41, 5.74) is 0. The molecule has 0 aromatic carbocycles. The molecule has 0 bridgehead atoms. The molecule has 6 heteroatoms. The van der Waals surface area contributed by atoms with Crippen molar-refractivity contribution in [1.29, 1.82) is 0 Å². The summed E-state index contributed by atoms with van der Waals surface area (Å²) in [6.07, 6.45) is 7.24. The van der Waals surface area contributed by atoms with Gasteiger partial charge in [-0.25, -0.2) is 4.79 Å². The minimum Gasteiger partial charge on any atom is -0.481 e. The average molecular weight is 298 g/mol. The van der Waals surface area contributed by atoms with E-state index in [1.54, 1.807) is 4.90 Å². The van der Waals surface area contributed by atoms with Gasteiger partial charge < -0.3 is 20.1 Å². The van der Waals surface area contributed by atoms with E-state index >= 15 is 0 Å². The molecule has 0 atom stereocenters. The predicted octanol–water partition coefficient (Wildman–Crippen LogP) is 1.84. The highest BCUT2D eigenvalue weighted by Gasteiger charge is 2.26. The van der Waals surface area contributed by atoms with E-state index in [9.17, 15) is 9.59 Å². The van der Waals surface area contributed by atoms with Crippen LogP contribution in [0, 0.1) is 5.92 Å². The maximum absolute atomic E-state index is 11.9. The van der Waals surface area contributed by atoms with Crippen molar-refractivity contribution in [3.05, 3.63) is 0 Å². The van der Waals surface area contributed by atoms with Crippen LogP contribution in [-0.2, 0) is 9.53 Å². The monoisotopic (exact) mass is 298 g/mol. The Hall–Kier alpha value is -1.30. The number of aliphatic carboxylic acids is 1. The molecule has 2 aliphatic rings. The van der Waals surface area contributed by atoms with Gasteiger partial charge in [0.25, 0.3) is 0 Å². The molecule has 21 heavy (non-hydrogen) atoms. The second-order valence-electron chi connectivity index (χ2n) is 5.96. The van der Waals surface area contributed by atoms with Crippen molar-refractivity contribution in [2.24, 2.45) is 5.92 Å². The summed E-state index contributed by atoms with van der Waals surface area (Å²) in [7, 11) is 0. The molecule has 1 aliphatic heterocycles. The number of carbonyl (C=O) groups is 2. The summed E-state index contributed by atoms with van der Waals surface area (Å²) in [5.74, 6) is -1.05. The molecule has 6 nitrogen and oxygen atoms in total. The van der Waals surface area contributed by atoms with Crippen molar-refractivity contribution in [1.82, 2.24) is 10.2 Å². The fourth-order valence-electron chi connectivity index (χ4n) is 3.01. The lowest BCUT2D eigenvalue weighted by molar-refractivity contribution is -0.143. The van der Waals surface area contributed by atoms with Gasteiger partial charge in [-0.2, -0.15) is 0 Å². The Morgan fingerprint density at radius 1 is 1.14 bits per heavy atom. The number of ether oxygens (including phenoxy) is 1. The van der Waals surface area contributed by atoms with Crippen molar-refractivity contribution in [2.45, 2.75) is 51.0 Å². The van der Waals surface area contributed by atoms with Gasteiger partial charge in [-0.3, -0.25) is 4.79 Å². The van der Waals surface area contributed by atoms with Gasteiger partial charge in [0.15, 0.2) is 0 Å². The Morgan fingerprint density at radius 2 is 1.81 bits per heavy atom. The number of hydrogen-bond acceptors (Lipinski definition) is 3. The van der Waals surface area contributed by atoms with Crippen LogP contribution >= 0.6 is 0 Å². The van der Waals surface area contributed by atoms with Crippen molar-refractivity contribution in [3.63, 3.8) is 0 Å². The zero-order valence-electron chi connectivity index (χ0n) is 12.6. The van der Waals surface area contributed by atoms with Gasteiger partial charge in [0, 0.05) is 26.2 Å². The lowest BCUT2D eigenvalue weighted by atomic mass is 9.97. The molecule has 1 saturated heterocycles. The number of amides is 2. The van der Waals surface area contributed by atoms with Crippen LogP contribution in [0.25, 0.3) is 0 Å². The summed E-state index contributed by atoms with van der Waals surface area (Å²) in [6.45, 7) is 2.37. The number of rotatable bonds is 6. The highest BCUT2D eigenvalue weighted by Crippen LogP contribution is 2.20. The number of hydrogen-bond donors (Lipinski definition) is 2. The molecular formula is C15H26N2O4. The third-order valence-electron chi connectivity index (χ3n) is 4.38. The van der Waals surface area contributed by atoms with E-state index in [0.29, 0.717) is 45.2 Å². The van der Waals surface area contributed by atoms with Crippen LogP contribution in [0.2, 0.25) is 0 Å². The lowest BCUT2D eigenvalue weighted by Crippen LogP contribution is -2.45. The number of carboxylic acids is 1. The van der Waals surface area contributed by atoms with Crippen LogP contribution in [0.15, 0.2) is 0 Å². The van der Waals surface area contributed by atoms with Gasteiger partial charge in [0.1, 0.15) is 0 Å². The van der Waals surface area contributed by atoms with Crippen LogP contribution in [0.1, 0.15) is 44.9 Å². The quantitative estimate of drug-likeness (QED) is 0.733. The minimum absolute atomic E-state index is 0.0836. The Bertz CT molecular complexity index is 348. The van der Waals surface area contributed by atoms with E-state index < -0.39 is 5.97 Å². The first kappa shape index (κ1) is 16.1. The largest absolute Gasteiger partial charge is 0.481 e.